The van der Waals surface area contributed by atoms with Crippen molar-refractivity contribution in [2.75, 3.05) is 18.0 Å². The Kier molecular flexibility index (Phi) is 5.22. The molecule has 0 N–H and O–H groups in total. The van der Waals surface area contributed by atoms with Gasteiger partial charge in [0.2, 0.25) is 5.91 Å². The van der Waals surface area contributed by atoms with Gasteiger partial charge >= 0.3 is 0 Å². The van der Waals surface area contributed by atoms with Crippen LogP contribution in [0.3, 0.4) is 0 Å². The molecule has 0 spiro atoms. The molecule has 0 saturated heterocycles. The third-order valence-electron chi connectivity index (χ3n) is 5.07. The first-order valence-corrected chi connectivity index (χ1v) is 8.92. The lowest BCUT2D eigenvalue weighted by Crippen LogP contribution is -2.39. The minimum Gasteiger partial charge on any atom is -0.310 e. The number of rotatable bonds is 3. The maximum absolute atomic E-state index is 12.7. The average Bonchev–Trinajstić information content (AvgIpc) is 2.56. The molecule has 0 radical (unpaired) electrons. The number of hydrogen-bond acceptors (Lipinski definition) is 2. The van der Waals surface area contributed by atoms with Gasteiger partial charge in [0, 0.05) is 17.8 Å². The first-order chi connectivity index (χ1) is 11.0. The summed E-state index contributed by atoms with van der Waals surface area (Å²) in [5, 5.41) is 0. The zero-order chi connectivity index (χ0) is 18.1. The highest BCUT2D eigenvalue weighted by atomic mass is 16.2. The van der Waals surface area contributed by atoms with Crippen molar-refractivity contribution < 1.29 is 4.79 Å². The molecule has 1 amide bonds. The number of nitrogens with zero attached hydrogens (tertiary/aromatic N) is 2. The van der Waals surface area contributed by atoms with Gasteiger partial charge in [-0.25, -0.2) is 0 Å². The van der Waals surface area contributed by atoms with Gasteiger partial charge in [-0.1, -0.05) is 59.7 Å². The van der Waals surface area contributed by atoms with Gasteiger partial charge in [0.05, 0.1) is 5.69 Å². The number of benzodiazepines with no additional fused rings is 1. The number of aliphatic imine (C=N–C) groups is 1. The van der Waals surface area contributed by atoms with Crippen molar-refractivity contribution in [1.82, 2.24) is 0 Å². The van der Waals surface area contributed by atoms with E-state index in [1.54, 1.807) is 0 Å². The molecule has 0 saturated carbocycles. The Hall–Kier alpha value is -1.64. The molecule has 132 valence electrons. The Bertz CT molecular complexity index is 618. The Labute approximate surface area is 147 Å². The Morgan fingerprint density at radius 3 is 2.25 bits per heavy atom. The van der Waals surface area contributed by atoms with Gasteiger partial charge in [0.1, 0.15) is 6.54 Å². The summed E-state index contributed by atoms with van der Waals surface area (Å²) in [6.45, 7) is 16.8. The molecule has 3 heteroatoms. The van der Waals surface area contributed by atoms with E-state index in [2.05, 4.69) is 52.6 Å². The van der Waals surface area contributed by atoms with Gasteiger partial charge in [0.25, 0.3) is 0 Å². The smallest absolute Gasteiger partial charge is 0.248 e. The van der Waals surface area contributed by atoms with Crippen LogP contribution in [0.25, 0.3) is 0 Å². The van der Waals surface area contributed by atoms with E-state index in [0.29, 0.717) is 5.92 Å². The number of fused-ring (bicyclic) bond motifs is 1. The van der Waals surface area contributed by atoms with Crippen molar-refractivity contribution in [2.45, 2.75) is 54.9 Å². The second kappa shape index (κ2) is 6.70. The van der Waals surface area contributed by atoms with E-state index in [0.717, 1.165) is 29.9 Å². The van der Waals surface area contributed by atoms with Gasteiger partial charge in [-0.2, -0.15) is 0 Å². The third-order valence-corrected chi connectivity index (χ3v) is 5.07. The Morgan fingerprint density at radius 1 is 1.08 bits per heavy atom. The minimum atomic E-state index is 0.0980. The number of amides is 1. The molecule has 2 rings (SSSR count). The fourth-order valence-corrected chi connectivity index (χ4v) is 4.17. The maximum atomic E-state index is 12.7. The first-order valence-electron chi connectivity index (χ1n) is 8.92. The van der Waals surface area contributed by atoms with E-state index in [4.69, 9.17) is 0 Å². The van der Waals surface area contributed by atoms with Crippen LogP contribution in [0.4, 0.5) is 5.69 Å². The molecule has 1 aromatic carbocycles. The number of carbonyl (C=O) groups is 1. The van der Waals surface area contributed by atoms with Gasteiger partial charge in [-0.05, 0) is 36.2 Å². The van der Waals surface area contributed by atoms with Crippen molar-refractivity contribution in [3.63, 3.8) is 0 Å². The molecule has 1 heterocycles. The highest BCUT2D eigenvalue weighted by Gasteiger charge is 2.35. The van der Waals surface area contributed by atoms with Gasteiger partial charge in [0.15, 0.2) is 0 Å². The number of hydrogen-bond donors (Lipinski definition) is 0. The third kappa shape index (κ3) is 4.06. The van der Waals surface area contributed by atoms with E-state index in [1.807, 2.05) is 30.0 Å². The van der Waals surface area contributed by atoms with E-state index >= 15 is 0 Å². The average molecular weight is 329 g/mol. The summed E-state index contributed by atoms with van der Waals surface area (Å²) in [6.07, 6.45) is 0.992. The summed E-state index contributed by atoms with van der Waals surface area (Å²) in [7, 11) is 0. The maximum Gasteiger partial charge on any atom is 0.248 e. The Morgan fingerprint density at radius 2 is 1.67 bits per heavy atom. The number of carbonyl (C=O) groups excluding carboxylic acids is 1. The first kappa shape index (κ1) is 18.7. The lowest BCUT2D eigenvalue weighted by Gasteiger charge is -2.42. The molecule has 1 aromatic rings. The summed E-state index contributed by atoms with van der Waals surface area (Å²) in [6, 6.07) is 8.12. The van der Waals surface area contributed by atoms with Crippen LogP contribution in [0.15, 0.2) is 29.3 Å². The SMILES string of the molecule is CC1=NCC(=O)N(CCC(C(C)(C)C)C(C)(C)C)c2ccccc21. The molecule has 0 atom stereocenters. The fraction of sp³-hybridized carbons (Fsp3) is 0.619. The topological polar surface area (TPSA) is 32.7 Å². The predicted octanol–water partition coefficient (Wildman–Crippen LogP) is 4.94. The van der Waals surface area contributed by atoms with Crippen LogP contribution >= 0.6 is 0 Å². The van der Waals surface area contributed by atoms with E-state index in [1.165, 1.54) is 0 Å². The fourth-order valence-electron chi connectivity index (χ4n) is 4.17. The van der Waals surface area contributed by atoms with E-state index < -0.39 is 0 Å². The van der Waals surface area contributed by atoms with Gasteiger partial charge in [-0.15, -0.1) is 0 Å². The normalized spacial score (nSPS) is 16.1. The molecular formula is C21H32N2O. The molecule has 24 heavy (non-hydrogen) atoms. The van der Waals surface area contributed by atoms with Crippen molar-refractivity contribution >= 4 is 17.3 Å². The zero-order valence-electron chi connectivity index (χ0n) is 16.3. The predicted molar refractivity (Wildman–Crippen MR) is 103 cm³/mol. The standard InChI is InChI=1S/C21H32N2O/c1-15-16-10-8-9-11-17(16)23(19(24)14-22-15)13-12-18(20(2,3)4)21(5,6)7/h8-11,18H,12-14H2,1-7H3. The summed E-state index contributed by atoms with van der Waals surface area (Å²) < 4.78 is 0. The molecule has 1 aliphatic rings. The van der Waals surface area contributed by atoms with Gasteiger partial charge < -0.3 is 4.90 Å². The van der Waals surface area contributed by atoms with Crippen LogP contribution < -0.4 is 4.90 Å². The summed E-state index contributed by atoms with van der Waals surface area (Å²) >= 11 is 0. The summed E-state index contributed by atoms with van der Waals surface area (Å²) in [4.78, 5) is 19.0. The van der Waals surface area contributed by atoms with Crippen LogP contribution in [-0.2, 0) is 4.79 Å². The second-order valence-corrected chi connectivity index (χ2v) is 9.04. The van der Waals surface area contributed by atoms with Crippen LogP contribution in [0.2, 0.25) is 0 Å². The van der Waals surface area contributed by atoms with Crippen LogP contribution in [0.5, 0.6) is 0 Å². The van der Waals surface area contributed by atoms with Crippen molar-refractivity contribution in [3.05, 3.63) is 29.8 Å². The monoisotopic (exact) mass is 328 g/mol. The lowest BCUT2D eigenvalue weighted by atomic mass is 9.65. The van der Waals surface area contributed by atoms with Crippen molar-refractivity contribution in [2.24, 2.45) is 21.7 Å². The van der Waals surface area contributed by atoms with Crippen molar-refractivity contribution in [3.8, 4) is 0 Å². The zero-order valence-corrected chi connectivity index (χ0v) is 16.3. The molecule has 0 aromatic heterocycles. The molecule has 1 aliphatic heterocycles. The largest absolute Gasteiger partial charge is 0.310 e. The molecule has 0 aliphatic carbocycles. The quantitative estimate of drug-likeness (QED) is 0.773. The number of benzene rings is 1. The highest BCUT2D eigenvalue weighted by Crippen LogP contribution is 2.42. The number of anilines is 1. The van der Waals surface area contributed by atoms with Gasteiger partial charge in [-0.3, -0.25) is 9.79 Å². The molecular weight excluding hydrogens is 296 g/mol. The highest BCUT2D eigenvalue weighted by molar-refractivity contribution is 6.10. The van der Waals surface area contributed by atoms with E-state index in [9.17, 15) is 4.79 Å². The minimum absolute atomic E-state index is 0.0980. The Balaban J connectivity index is 2.29. The summed E-state index contributed by atoms with van der Waals surface area (Å²) in [5.74, 6) is 0.621. The molecule has 0 fully saturated rings. The lowest BCUT2D eigenvalue weighted by molar-refractivity contribution is -0.117. The number of para-hydroxylation sites is 1. The molecule has 0 unspecified atom stereocenters. The second-order valence-electron chi connectivity index (χ2n) is 9.04. The summed E-state index contributed by atoms with van der Waals surface area (Å²) in [5.41, 5.74) is 3.44. The van der Waals surface area contributed by atoms with Crippen LogP contribution in [0.1, 0.15) is 60.5 Å². The molecule has 0 bridgehead atoms. The van der Waals surface area contributed by atoms with Crippen molar-refractivity contribution in [1.29, 1.82) is 0 Å². The molecule has 3 nitrogen and oxygen atoms in total. The van der Waals surface area contributed by atoms with E-state index in [-0.39, 0.29) is 23.3 Å². The van der Waals surface area contributed by atoms with Crippen LogP contribution in [-0.4, -0.2) is 24.7 Å². The van der Waals surface area contributed by atoms with Crippen LogP contribution in [0, 0.1) is 16.7 Å².